The van der Waals surface area contributed by atoms with Gasteiger partial charge in [0.25, 0.3) is 0 Å². The molecule has 0 unspecified atom stereocenters. The van der Waals surface area contributed by atoms with Gasteiger partial charge in [0.2, 0.25) is 5.91 Å². The van der Waals surface area contributed by atoms with Crippen molar-refractivity contribution < 1.29 is 27.5 Å². The molecule has 7 nitrogen and oxygen atoms in total. The number of nitrogens with one attached hydrogen (secondary N) is 2. The summed E-state index contributed by atoms with van der Waals surface area (Å²) in [7, 11) is 0. The lowest BCUT2D eigenvalue weighted by Crippen LogP contribution is -2.50. The number of rotatable bonds is 5. The highest BCUT2D eigenvalue weighted by atomic mass is 19.4. The Hall–Kier alpha value is -2.96. The number of benzene rings is 1. The second kappa shape index (κ2) is 9.45. The van der Waals surface area contributed by atoms with Gasteiger partial charge in [-0.25, -0.2) is 4.79 Å². The van der Waals surface area contributed by atoms with Crippen LogP contribution in [-0.4, -0.2) is 42.8 Å². The molecule has 0 radical (unpaired) electrons. The molecule has 10 heteroatoms. The Morgan fingerprint density at radius 3 is 2.55 bits per heavy atom. The van der Waals surface area contributed by atoms with E-state index < -0.39 is 29.5 Å². The molecule has 2 N–H and O–H groups in total. The molecule has 0 spiro atoms. The Labute approximate surface area is 179 Å². The lowest BCUT2D eigenvalue weighted by atomic mass is 10.1. The summed E-state index contributed by atoms with van der Waals surface area (Å²) in [6.07, 6.45) is -4.30. The molecule has 1 heterocycles. The summed E-state index contributed by atoms with van der Waals surface area (Å²) in [6, 6.07) is 3.84. The average molecular weight is 440 g/mol. The summed E-state index contributed by atoms with van der Waals surface area (Å²) in [4.78, 5) is 26.3. The quantitative estimate of drug-likeness (QED) is 0.730. The first-order valence-electron chi connectivity index (χ1n) is 10.00. The lowest BCUT2D eigenvalue weighted by Gasteiger charge is -2.24. The number of halogens is 3. The predicted molar refractivity (Wildman–Crippen MR) is 108 cm³/mol. The third-order valence-electron chi connectivity index (χ3n) is 4.74. The zero-order chi connectivity index (χ0) is 23.4. The molecular weight excluding hydrogens is 413 g/mol. The van der Waals surface area contributed by atoms with Gasteiger partial charge in [0.1, 0.15) is 17.7 Å². The number of hydrogen-bond donors (Lipinski definition) is 2. The number of amides is 2. The van der Waals surface area contributed by atoms with E-state index in [4.69, 9.17) is 4.74 Å². The van der Waals surface area contributed by atoms with Gasteiger partial charge in [-0.2, -0.15) is 18.4 Å². The summed E-state index contributed by atoms with van der Waals surface area (Å²) < 4.78 is 43.9. The van der Waals surface area contributed by atoms with Crippen molar-refractivity contribution in [3.8, 4) is 6.07 Å². The molecule has 0 aromatic heterocycles. The van der Waals surface area contributed by atoms with E-state index >= 15 is 0 Å². The fourth-order valence-corrected chi connectivity index (χ4v) is 3.28. The van der Waals surface area contributed by atoms with Crippen LogP contribution >= 0.6 is 0 Å². The van der Waals surface area contributed by atoms with Crippen molar-refractivity contribution in [1.29, 1.82) is 5.26 Å². The number of carbonyl (C=O) groups is 2. The number of anilines is 1. The monoisotopic (exact) mass is 440 g/mol. The standard InChI is InChI=1S/C21H27F3N4O3/c1-5-16(27-19(30)31-20(2,3)4)18(29)26-15-8-9-28(12-15)17-7-6-14(21(22,23)24)10-13(17)11-25/h6-7,10,15-16H,5,8-9,12H2,1-4H3,(H,26,29)(H,27,30)/t15-,16-/m0/s1. The Kier molecular flexibility index (Phi) is 7.41. The molecule has 2 atom stereocenters. The maximum absolute atomic E-state index is 12.9. The van der Waals surface area contributed by atoms with Crippen LogP contribution in [0.2, 0.25) is 0 Å². The van der Waals surface area contributed by atoms with Crippen molar-refractivity contribution in [1.82, 2.24) is 10.6 Å². The van der Waals surface area contributed by atoms with E-state index in [0.717, 1.165) is 12.1 Å². The number of carbonyl (C=O) groups excluding carboxylic acids is 2. The zero-order valence-electron chi connectivity index (χ0n) is 18.0. The predicted octanol–water partition coefficient (Wildman–Crippen LogP) is 3.58. The van der Waals surface area contributed by atoms with Crippen LogP contribution in [0.5, 0.6) is 0 Å². The Morgan fingerprint density at radius 1 is 1.32 bits per heavy atom. The maximum atomic E-state index is 12.9. The number of hydrogen-bond acceptors (Lipinski definition) is 5. The van der Waals surface area contributed by atoms with E-state index in [1.807, 2.05) is 6.07 Å². The Morgan fingerprint density at radius 2 is 2.00 bits per heavy atom. The van der Waals surface area contributed by atoms with Crippen LogP contribution in [0.4, 0.5) is 23.7 Å². The molecule has 1 saturated heterocycles. The fraction of sp³-hybridized carbons (Fsp3) is 0.571. The Bertz CT molecular complexity index is 859. The van der Waals surface area contributed by atoms with E-state index in [-0.39, 0.29) is 17.5 Å². The molecule has 0 bridgehead atoms. The molecule has 1 aliphatic rings. The van der Waals surface area contributed by atoms with Crippen molar-refractivity contribution in [3.63, 3.8) is 0 Å². The largest absolute Gasteiger partial charge is 0.444 e. The molecule has 2 amide bonds. The van der Waals surface area contributed by atoms with Crippen LogP contribution in [-0.2, 0) is 15.7 Å². The van der Waals surface area contributed by atoms with Gasteiger partial charge < -0.3 is 20.3 Å². The fourth-order valence-electron chi connectivity index (χ4n) is 3.28. The van der Waals surface area contributed by atoms with Crippen molar-refractivity contribution in [2.75, 3.05) is 18.0 Å². The minimum atomic E-state index is -4.53. The van der Waals surface area contributed by atoms with Crippen LogP contribution in [0.25, 0.3) is 0 Å². The third-order valence-corrected chi connectivity index (χ3v) is 4.74. The number of nitrogens with zero attached hydrogens (tertiary/aromatic N) is 2. The molecule has 2 rings (SSSR count). The van der Waals surface area contributed by atoms with Crippen LogP contribution < -0.4 is 15.5 Å². The van der Waals surface area contributed by atoms with Gasteiger partial charge in [-0.15, -0.1) is 0 Å². The molecule has 1 aromatic carbocycles. The van der Waals surface area contributed by atoms with E-state index in [2.05, 4.69) is 10.6 Å². The summed E-state index contributed by atoms with van der Waals surface area (Å²) >= 11 is 0. The minimum absolute atomic E-state index is 0.0696. The molecular formula is C21H27F3N4O3. The molecule has 1 aromatic rings. The number of nitriles is 1. The minimum Gasteiger partial charge on any atom is -0.444 e. The number of alkyl carbamates (subject to hydrolysis) is 1. The highest BCUT2D eigenvalue weighted by Gasteiger charge is 2.33. The first-order chi connectivity index (χ1) is 14.3. The first-order valence-corrected chi connectivity index (χ1v) is 10.00. The summed E-state index contributed by atoms with van der Waals surface area (Å²) in [5.74, 6) is -0.367. The van der Waals surface area contributed by atoms with E-state index in [9.17, 15) is 28.0 Å². The van der Waals surface area contributed by atoms with Crippen LogP contribution in [0.1, 0.15) is 51.7 Å². The van der Waals surface area contributed by atoms with Gasteiger partial charge in [-0.1, -0.05) is 6.92 Å². The van der Waals surface area contributed by atoms with Crippen molar-refractivity contribution >= 4 is 17.7 Å². The van der Waals surface area contributed by atoms with Crippen molar-refractivity contribution in [2.45, 2.75) is 64.4 Å². The highest BCUT2D eigenvalue weighted by molar-refractivity contribution is 5.86. The van der Waals surface area contributed by atoms with Crippen LogP contribution in [0, 0.1) is 11.3 Å². The topological polar surface area (TPSA) is 94.5 Å². The first kappa shape index (κ1) is 24.3. The molecule has 0 saturated carbocycles. The second-order valence-electron chi connectivity index (χ2n) is 8.39. The zero-order valence-corrected chi connectivity index (χ0v) is 18.0. The van der Waals surface area contributed by atoms with Gasteiger partial charge in [0.15, 0.2) is 0 Å². The van der Waals surface area contributed by atoms with Crippen molar-refractivity contribution in [2.24, 2.45) is 0 Å². The summed E-state index contributed by atoms with van der Waals surface area (Å²) in [5, 5.41) is 14.7. The normalized spacial score (nSPS) is 17.6. The summed E-state index contributed by atoms with van der Waals surface area (Å²) in [5.41, 5.74) is -1.24. The molecule has 1 aliphatic heterocycles. The third kappa shape index (κ3) is 6.77. The van der Waals surface area contributed by atoms with Gasteiger partial charge in [0.05, 0.1) is 16.8 Å². The molecule has 170 valence electrons. The van der Waals surface area contributed by atoms with E-state index in [0.29, 0.717) is 31.6 Å². The van der Waals surface area contributed by atoms with Gasteiger partial charge in [-0.3, -0.25) is 4.79 Å². The van der Waals surface area contributed by atoms with Gasteiger partial charge in [0, 0.05) is 19.1 Å². The van der Waals surface area contributed by atoms with E-state index in [1.54, 1.807) is 32.6 Å². The average Bonchev–Trinajstić information content (AvgIpc) is 3.11. The number of alkyl halides is 3. The van der Waals surface area contributed by atoms with Gasteiger partial charge in [-0.05, 0) is 51.8 Å². The SMILES string of the molecule is CC[C@H](NC(=O)OC(C)(C)C)C(=O)N[C@H]1CCN(c2ccc(C(F)(F)F)cc2C#N)C1. The Balaban J connectivity index is 2.00. The molecule has 31 heavy (non-hydrogen) atoms. The van der Waals surface area contributed by atoms with Gasteiger partial charge >= 0.3 is 12.3 Å². The van der Waals surface area contributed by atoms with Crippen molar-refractivity contribution in [3.05, 3.63) is 29.3 Å². The van der Waals surface area contributed by atoms with E-state index in [1.165, 1.54) is 6.07 Å². The molecule has 0 aliphatic carbocycles. The highest BCUT2D eigenvalue weighted by Crippen LogP contribution is 2.33. The second-order valence-corrected chi connectivity index (χ2v) is 8.39. The smallest absolute Gasteiger partial charge is 0.416 e. The lowest BCUT2D eigenvalue weighted by molar-refractivity contribution is -0.137. The summed E-state index contributed by atoms with van der Waals surface area (Å²) in [6.45, 7) is 7.73. The number of ether oxygens (including phenoxy) is 1. The van der Waals surface area contributed by atoms with Crippen LogP contribution in [0.3, 0.4) is 0 Å². The maximum Gasteiger partial charge on any atom is 0.416 e. The van der Waals surface area contributed by atoms with Crippen LogP contribution in [0.15, 0.2) is 18.2 Å². The molecule has 1 fully saturated rings.